The second-order valence-corrected chi connectivity index (χ2v) is 1.49. The molecule has 0 aliphatic carbocycles. The molecule has 0 heterocycles. The van der Waals surface area contributed by atoms with Crippen LogP contribution in [0.2, 0.25) is 0 Å². The molecule has 0 N–H and O–H groups in total. The van der Waals surface area contributed by atoms with Crippen molar-refractivity contribution < 1.29 is 23.9 Å². The van der Waals surface area contributed by atoms with Crippen LogP contribution in [0.4, 0.5) is 6.45 Å². The molecular formula is F2NRe. The summed E-state index contributed by atoms with van der Waals surface area (Å²) in [4.78, 5) is 0. The third-order valence-corrected chi connectivity index (χ3v) is 0. The first-order valence-electron chi connectivity index (χ1n) is 0.455. The van der Waals surface area contributed by atoms with Crippen LogP contribution in [0, 0.1) is 3.80 Å². The van der Waals surface area contributed by atoms with Gasteiger partial charge in [0, 0.05) is 0 Å². The van der Waals surface area contributed by atoms with Gasteiger partial charge in [0.1, 0.15) is 0 Å². The molecule has 0 rings (SSSR count). The van der Waals surface area contributed by atoms with Gasteiger partial charge in [-0.05, 0) is 0 Å². The van der Waals surface area contributed by atoms with Crippen molar-refractivity contribution in [2.75, 3.05) is 0 Å². The van der Waals surface area contributed by atoms with Crippen LogP contribution in [0.25, 0.3) is 0 Å². The Morgan fingerprint density at radius 2 is 1.50 bits per heavy atom. The molecule has 0 spiro atoms. The third-order valence-electron chi connectivity index (χ3n) is 0. The normalized spacial score (nSPS) is 8.50. The Bertz CT molecular complexity index is 52.2. The zero-order chi connectivity index (χ0) is 3.58. The molecule has 0 unspecified atom stereocenters. The molecule has 1 nitrogen and oxygen atoms in total. The number of nitrogens with zero attached hydrogens (tertiary/aromatic N) is 1. The summed E-state index contributed by atoms with van der Waals surface area (Å²) in [5.41, 5.74) is 0. The maximum absolute atomic E-state index is 10.1. The van der Waals surface area contributed by atoms with Gasteiger partial charge in [-0.2, -0.15) is 0 Å². The number of hydrogen-bond acceptors (Lipinski definition) is 1. The quantitative estimate of drug-likeness (QED) is 0.614. The summed E-state index contributed by atoms with van der Waals surface area (Å²) in [6.45, 7) is 0. The fourth-order valence-electron chi connectivity index (χ4n) is 0. The Morgan fingerprint density at radius 1 is 1.50 bits per heavy atom. The third kappa shape index (κ3) is 62.8. The van der Waals surface area contributed by atoms with E-state index in [1.165, 1.54) is 0 Å². The molecule has 26 valence electrons. The van der Waals surface area contributed by atoms with Gasteiger partial charge in [-0.1, -0.05) is 0 Å². The summed E-state index contributed by atoms with van der Waals surface area (Å²) in [5, 5.41) is 0. The monoisotopic (exact) mass is 239 g/mol. The van der Waals surface area contributed by atoms with Crippen molar-refractivity contribution >= 4 is 0 Å². The molecule has 0 atom stereocenters. The molecule has 0 aliphatic heterocycles. The predicted octanol–water partition coefficient (Wildman–Crippen LogP) is 0.853. The average molecular weight is 238 g/mol. The number of halogens is 2. The van der Waals surface area contributed by atoms with E-state index in [4.69, 9.17) is 3.80 Å². The van der Waals surface area contributed by atoms with Crippen LogP contribution in [0.15, 0.2) is 0 Å². The van der Waals surface area contributed by atoms with E-state index in [-0.39, 0.29) is 0 Å². The predicted molar refractivity (Wildman–Crippen MR) is 3.94 cm³/mol. The fourth-order valence-corrected chi connectivity index (χ4v) is 0. The standard InChI is InChI=1S/2FH.N.Re/h2*1H;;/q;;;+2/p-2. The molecule has 0 aromatic carbocycles. The van der Waals surface area contributed by atoms with Crippen LogP contribution in [-0.2, 0) is 17.4 Å². The first-order chi connectivity index (χ1) is 1.73. The second kappa shape index (κ2) is 1.54. The van der Waals surface area contributed by atoms with E-state index in [1.807, 2.05) is 0 Å². The van der Waals surface area contributed by atoms with Gasteiger partial charge in [0.15, 0.2) is 0 Å². The van der Waals surface area contributed by atoms with Crippen LogP contribution in [0.5, 0.6) is 0 Å². The van der Waals surface area contributed by atoms with E-state index in [2.05, 4.69) is 0 Å². The van der Waals surface area contributed by atoms with E-state index in [0.717, 1.165) is 0 Å². The van der Waals surface area contributed by atoms with Crippen LogP contribution >= 0.6 is 0 Å². The minimum absolute atomic E-state index is 4.46. The van der Waals surface area contributed by atoms with Gasteiger partial charge in [0.2, 0.25) is 0 Å². The van der Waals surface area contributed by atoms with Crippen LogP contribution in [0.1, 0.15) is 0 Å². The Labute approximate surface area is 28.4 Å². The van der Waals surface area contributed by atoms with Crippen molar-refractivity contribution in [3.8, 4) is 0 Å². The fraction of sp³-hybridized carbons (Fsp3) is 0. The van der Waals surface area contributed by atoms with Gasteiger partial charge in [-0.25, -0.2) is 0 Å². The van der Waals surface area contributed by atoms with Gasteiger partial charge < -0.3 is 0 Å². The number of hydrogen-bond donors (Lipinski definition) is 0. The van der Waals surface area contributed by atoms with Crippen molar-refractivity contribution in [3.05, 3.63) is 0 Å². The zero-order valence-electron chi connectivity index (χ0n) is 1.58. The molecule has 0 bridgehead atoms. The summed E-state index contributed by atoms with van der Waals surface area (Å²) in [6, 6.07) is 0. The maximum atomic E-state index is 10.1. The van der Waals surface area contributed by atoms with Crippen molar-refractivity contribution in [1.82, 2.24) is 0 Å². The van der Waals surface area contributed by atoms with Crippen LogP contribution in [0.3, 0.4) is 0 Å². The summed E-state index contributed by atoms with van der Waals surface area (Å²) >= 11 is -4.46. The molecule has 4 heteroatoms. The molecule has 0 aromatic heterocycles. The minimum atomic E-state index is -4.46. The first-order valence-corrected chi connectivity index (χ1v) is 3.72. The molecule has 0 aliphatic rings. The summed E-state index contributed by atoms with van der Waals surface area (Å²) in [7, 11) is 0. The molecule has 0 radical (unpaired) electrons. The molecule has 0 saturated carbocycles. The van der Waals surface area contributed by atoms with Crippen molar-refractivity contribution in [2.24, 2.45) is 0 Å². The summed E-state index contributed by atoms with van der Waals surface area (Å²) < 4.78 is 27.1. The van der Waals surface area contributed by atoms with Crippen molar-refractivity contribution in [1.29, 1.82) is 3.80 Å². The Balaban J connectivity index is 3.02. The molecule has 0 saturated heterocycles. The molecule has 4 heavy (non-hydrogen) atoms. The SMILES string of the molecule is [N]#[Re]([F])[F]. The Hall–Kier alpha value is 0.232. The van der Waals surface area contributed by atoms with Crippen molar-refractivity contribution in [2.45, 2.75) is 0 Å². The Morgan fingerprint density at radius 3 is 1.50 bits per heavy atom. The van der Waals surface area contributed by atoms with Gasteiger partial charge in [0.25, 0.3) is 0 Å². The van der Waals surface area contributed by atoms with Gasteiger partial charge in [-0.3, -0.25) is 0 Å². The number of rotatable bonds is 0. The second-order valence-electron chi connectivity index (χ2n) is 0.182. The summed E-state index contributed by atoms with van der Waals surface area (Å²) in [5.74, 6) is 0. The van der Waals surface area contributed by atoms with E-state index < -0.39 is 17.4 Å². The van der Waals surface area contributed by atoms with Crippen LogP contribution in [-0.4, -0.2) is 0 Å². The first kappa shape index (κ1) is 4.23. The van der Waals surface area contributed by atoms with Gasteiger partial charge in [0.05, 0.1) is 0 Å². The average Bonchev–Trinajstić information content (AvgIpc) is 0.811. The van der Waals surface area contributed by atoms with E-state index >= 15 is 0 Å². The Kier molecular flexibility index (Phi) is 1.63. The van der Waals surface area contributed by atoms with E-state index in [0.29, 0.717) is 0 Å². The van der Waals surface area contributed by atoms with E-state index in [9.17, 15) is 6.45 Å². The van der Waals surface area contributed by atoms with Gasteiger partial charge >= 0.3 is 27.7 Å². The molecule has 0 fully saturated rings. The summed E-state index contributed by atoms with van der Waals surface area (Å²) in [6.07, 6.45) is 0. The topological polar surface area (TPSA) is 23.8 Å². The molecular weight excluding hydrogens is 238 g/mol. The zero-order valence-corrected chi connectivity index (χ0v) is 4.30. The molecule has 0 amide bonds. The van der Waals surface area contributed by atoms with Crippen molar-refractivity contribution in [3.63, 3.8) is 0 Å². The van der Waals surface area contributed by atoms with Crippen LogP contribution < -0.4 is 0 Å². The van der Waals surface area contributed by atoms with E-state index in [1.54, 1.807) is 0 Å². The van der Waals surface area contributed by atoms with Gasteiger partial charge in [-0.15, -0.1) is 0 Å². The molecule has 0 aromatic rings.